The van der Waals surface area contributed by atoms with Crippen LogP contribution in [-0.4, -0.2) is 103 Å². The summed E-state index contributed by atoms with van der Waals surface area (Å²) in [6.45, 7) is 7.59. The van der Waals surface area contributed by atoms with Crippen LogP contribution in [0.4, 0.5) is 29.9 Å². The van der Waals surface area contributed by atoms with Crippen LogP contribution >= 0.6 is 0 Å². The Hall–Kier alpha value is -6.67. The van der Waals surface area contributed by atoms with Crippen molar-refractivity contribution in [3.8, 4) is 35.4 Å². The Morgan fingerprint density at radius 3 is 2.59 bits per heavy atom. The van der Waals surface area contributed by atoms with Gasteiger partial charge in [-0.15, -0.1) is 6.42 Å². The van der Waals surface area contributed by atoms with E-state index in [2.05, 4.69) is 20.8 Å². The maximum atomic E-state index is 17.3. The summed E-state index contributed by atoms with van der Waals surface area (Å²) in [4.78, 5) is 55.9. The number of fused-ring (bicyclic) bond motifs is 5. The van der Waals surface area contributed by atoms with Crippen molar-refractivity contribution in [2.75, 3.05) is 37.7 Å². The van der Waals surface area contributed by atoms with Crippen LogP contribution in [0.5, 0.6) is 11.8 Å². The first-order valence-corrected chi connectivity index (χ1v) is 20.9. The third kappa shape index (κ3) is 7.06. The van der Waals surface area contributed by atoms with Crippen LogP contribution < -0.4 is 14.4 Å². The van der Waals surface area contributed by atoms with E-state index in [0.717, 1.165) is 19.4 Å². The fourth-order valence-corrected chi connectivity index (χ4v) is 10.6. The van der Waals surface area contributed by atoms with Gasteiger partial charge in [0.1, 0.15) is 41.8 Å². The minimum atomic E-state index is -0.985. The molecule has 9 rings (SSSR count). The molecule has 2 bridgehead atoms. The number of benzene rings is 3. The number of ether oxygens (including phenoxy) is 3. The molecular weight excluding hydrogens is 817 g/mol. The molecule has 6 heterocycles. The highest BCUT2D eigenvalue weighted by Gasteiger charge is 2.59. The van der Waals surface area contributed by atoms with Gasteiger partial charge in [0.15, 0.2) is 5.82 Å². The number of hydrogen-bond donors (Lipinski definition) is 1. The van der Waals surface area contributed by atoms with Gasteiger partial charge in [-0.05, 0) is 74.1 Å². The van der Waals surface area contributed by atoms with Crippen LogP contribution in [-0.2, 0) is 4.74 Å². The van der Waals surface area contributed by atoms with E-state index in [1.165, 1.54) is 36.5 Å². The summed E-state index contributed by atoms with van der Waals surface area (Å²) in [5, 5.41) is 22.7. The number of amides is 1. The van der Waals surface area contributed by atoms with E-state index < -0.39 is 45.3 Å². The lowest BCUT2D eigenvalue weighted by atomic mass is 9.71. The first kappa shape index (κ1) is 41.7. The van der Waals surface area contributed by atoms with E-state index in [4.69, 9.17) is 25.6 Å². The molecule has 1 N–H and O–H groups in total. The lowest BCUT2D eigenvalue weighted by Crippen LogP contribution is -2.68. The summed E-state index contributed by atoms with van der Waals surface area (Å²) < 4.78 is 49.7. The zero-order chi connectivity index (χ0) is 44.4. The number of carbonyl (C=O) groups is 2. The van der Waals surface area contributed by atoms with Crippen molar-refractivity contribution >= 4 is 45.4 Å². The molecule has 2 aromatic heterocycles. The maximum Gasteiger partial charge on any atom is 0.513 e. The normalized spacial score (nSPS) is 23.2. The Labute approximate surface area is 361 Å². The summed E-state index contributed by atoms with van der Waals surface area (Å²) in [5.41, 5.74) is -1.72. The number of non-ortho nitro benzene ring substituents is 1. The number of piperazine rings is 1. The third-order valence-corrected chi connectivity index (χ3v) is 13.7. The average molecular weight is 862 g/mol. The fourth-order valence-electron chi connectivity index (χ4n) is 10.6. The number of nitrogens with zero attached hydrogens (tertiary/aromatic N) is 7. The third-order valence-electron chi connectivity index (χ3n) is 13.7. The molecule has 0 spiro atoms. The van der Waals surface area contributed by atoms with E-state index in [1.54, 1.807) is 29.2 Å². The number of terminal acetylenes is 1. The minimum Gasteiger partial charge on any atom is -0.465 e. The second-order valence-corrected chi connectivity index (χ2v) is 17.9. The van der Waals surface area contributed by atoms with Crippen molar-refractivity contribution in [3.05, 3.63) is 88.1 Å². The van der Waals surface area contributed by atoms with Gasteiger partial charge in [0.05, 0.1) is 33.0 Å². The molecule has 4 atom stereocenters. The van der Waals surface area contributed by atoms with Crippen molar-refractivity contribution in [2.24, 2.45) is 5.41 Å². The molecule has 0 aliphatic carbocycles. The summed E-state index contributed by atoms with van der Waals surface area (Å²) in [7, 11) is 0. The lowest BCUT2D eigenvalue weighted by molar-refractivity contribution is -0.384. The van der Waals surface area contributed by atoms with Crippen LogP contribution in [0.2, 0.25) is 0 Å². The van der Waals surface area contributed by atoms with Crippen LogP contribution in [0.25, 0.3) is 32.9 Å². The number of rotatable bonds is 9. The molecule has 5 aromatic rings. The summed E-state index contributed by atoms with van der Waals surface area (Å²) in [6, 6.07) is 12.5. The Morgan fingerprint density at radius 1 is 1.06 bits per heavy atom. The van der Waals surface area contributed by atoms with Gasteiger partial charge in [-0.25, -0.2) is 18.4 Å². The number of carbonyl (C=O) groups excluding carboxylic acids is 1. The largest absolute Gasteiger partial charge is 0.513 e. The highest BCUT2D eigenvalue weighted by Crippen LogP contribution is 2.51. The van der Waals surface area contributed by atoms with Crippen LogP contribution in [0.1, 0.15) is 64.9 Å². The zero-order valence-corrected chi connectivity index (χ0v) is 35.0. The van der Waals surface area contributed by atoms with Crippen LogP contribution in [0.3, 0.4) is 0 Å². The quantitative estimate of drug-likeness (QED) is 0.0493. The monoisotopic (exact) mass is 861 g/mol. The first-order valence-electron chi connectivity index (χ1n) is 20.9. The van der Waals surface area contributed by atoms with Gasteiger partial charge in [-0.2, -0.15) is 9.97 Å². The summed E-state index contributed by atoms with van der Waals surface area (Å²) in [6.07, 6.45) is 9.69. The van der Waals surface area contributed by atoms with E-state index in [9.17, 15) is 24.8 Å². The number of halogens is 2. The second-order valence-electron chi connectivity index (χ2n) is 17.9. The van der Waals surface area contributed by atoms with Gasteiger partial charge in [0.2, 0.25) is 0 Å². The van der Waals surface area contributed by atoms with Gasteiger partial charge >= 0.3 is 18.3 Å². The van der Waals surface area contributed by atoms with Gasteiger partial charge in [-0.1, -0.05) is 51.0 Å². The highest BCUT2D eigenvalue weighted by atomic mass is 19.1. The average Bonchev–Trinajstić information content (AvgIpc) is 3.90. The second kappa shape index (κ2) is 15.6. The van der Waals surface area contributed by atoms with Gasteiger partial charge in [0.25, 0.3) is 5.69 Å². The van der Waals surface area contributed by atoms with Crippen LogP contribution in [0.15, 0.2) is 60.8 Å². The Morgan fingerprint density at radius 2 is 1.86 bits per heavy atom. The van der Waals surface area contributed by atoms with E-state index >= 15 is 8.78 Å². The molecule has 326 valence electrons. The summed E-state index contributed by atoms with van der Waals surface area (Å²) in [5.74, 6) is 1.50. The maximum absolute atomic E-state index is 17.3. The zero-order valence-electron chi connectivity index (χ0n) is 35.0. The molecule has 0 radical (unpaired) electrons. The molecule has 1 amide bonds. The standard InChI is InChI=1S/C46H45F2N7O8/c1-5-32-35(47)15-10-27-8-6-9-33(36(27)32)38-37(48)39-34(22-49-38)40(52-23-29-17-20-46(25-52,44(2,3)4)54(29)42(56)57)51-41(50-39)62-26-45-18-7-21-53(45)30(16-19-45)24-61-43(58)63-31-13-11-28(12-14-31)55(59)60/h1,6,8-15,22,29-30H,7,16-21,23-26H2,2-4H3,(H,56,57)/t29?,30-,45-,46?/m0/s1. The molecule has 0 saturated carbocycles. The Balaban J connectivity index is 1.04. The lowest BCUT2D eigenvalue weighted by Gasteiger charge is -2.54. The van der Waals surface area contributed by atoms with Crippen LogP contribution in [0, 0.1) is 39.5 Å². The Kier molecular flexibility index (Phi) is 10.3. The number of aromatic nitrogens is 3. The van der Waals surface area contributed by atoms with Crippen molar-refractivity contribution in [1.29, 1.82) is 0 Å². The smallest absolute Gasteiger partial charge is 0.465 e. The van der Waals surface area contributed by atoms with E-state index in [-0.39, 0.29) is 71.6 Å². The molecule has 63 heavy (non-hydrogen) atoms. The molecule has 15 nitrogen and oxygen atoms in total. The molecular formula is C46H45F2N7O8. The predicted molar refractivity (Wildman–Crippen MR) is 228 cm³/mol. The topological polar surface area (TPSA) is 174 Å². The van der Waals surface area contributed by atoms with Crippen molar-refractivity contribution in [3.63, 3.8) is 0 Å². The summed E-state index contributed by atoms with van der Waals surface area (Å²) >= 11 is 0. The minimum absolute atomic E-state index is 0.0157. The molecule has 4 aliphatic rings. The number of hydrogen-bond acceptors (Lipinski definition) is 12. The fraction of sp³-hybridized carbons (Fsp3) is 0.413. The number of nitro benzene ring substituents is 1. The molecule has 4 fully saturated rings. The number of pyridine rings is 1. The number of anilines is 1. The molecule has 2 unspecified atom stereocenters. The highest BCUT2D eigenvalue weighted by molar-refractivity contribution is 6.02. The van der Waals surface area contributed by atoms with Gasteiger partial charge < -0.3 is 24.2 Å². The molecule has 3 aromatic carbocycles. The molecule has 4 saturated heterocycles. The van der Waals surface area contributed by atoms with Gasteiger partial charge in [-0.3, -0.25) is 24.9 Å². The van der Waals surface area contributed by atoms with Gasteiger partial charge in [0, 0.05) is 48.4 Å². The Bertz CT molecular complexity index is 2720. The van der Waals surface area contributed by atoms with Crippen molar-refractivity contribution < 1.29 is 42.6 Å². The SMILES string of the molecule is C#Cc1c(F)ccc2cccc(-c3ncc4c(N5CC6CCC(C(C)(C)C)(C5)N6C(=O)O)nc(OC[C@@]56CCCN5[C@H](COC(=O)Oc5ccc([N+](=O)[O-])cc5)CC6)nc4c3F)c12. The predicted octanol–water partition coefficient (Wildman–Crippen LogP) is 8.35. The van der Waals surface area contributed by atoms with E-state index in [0.29, 0.717) is 54.2 Å². The van der Waals surface area contributed by atoms with E-state index in [1.807, 2.05) is 25.7 Å². The first-order chi connectivity index (χ1) is 30.1. The van der Waals surface area contributed by atoms with Crippen molar-refractivity contribution in [1.82, 2.24) is 24.8 Å². The van der Waals surface area contributed by atoms with Crippen molar-refractivity contribution in [2.45, 2.75) is 82.5 Å². The number of carboxylic acid groups (broad SMARTS) is 1. The number of nitro groups is 1. The molecule has 17 heteroatoms. The molecule has 4 aliphatic heterocycles.